The molecule has 0 spiro atoms. The Kier molecular flexibility index (Phi) is 4.25. The maximum atomic E-state index is 12.7. The second kappa shape index (κ2) is 6.49. The minimum Gasteiger partial charge on any atom is -0.307 e. The zero-order valence-electron chi connectivity index (χ0n) is 12.1. The SMILES string of the molecule is CCN(C(=O)c1csc(-c2ccncc2)n1)c1ccccc1. The van der Waals surface area contributed by atoms with E-state index < -0.39 is 0 Å². The summed E-state index contributed by atoms with van der Waals surface area (Å²) < 4.78 is 0. The molecule has 0 aliphatic heterocycles. The monoisotopic (exact) mass is 309 g/mol. The summed E-state index contributed by atoms with van der Waals surface area (Å²) in [5.41, 5.74) is 2.33. The van der Waals surface area contributed by atoms with Gasteiger partial charge in [-0.1, -0.05) is 18.2 Å². The Bertz CT molecular complexity index is 756. The lowest BCUT2D eigenvalue weighted by Crippen LogP contribution is -2.30. The molecule has 2 heterocycles. The first-order chi connectivity index (χ1) is 10.8. The maximum absolute atomic E-state index is 12.7. The molecule has 4 nitrogen and oxygen atoms in total. The minimum atomic E-state index is -0.0785. The molecule has 1 amide bonds. The van der Waals surface area contributed by atoms with Crippen LogP contribution in [0.3, 0.4) is 0 Å². The highest BCUT2D eigenvalue weighted by Gasteiger charge is 2.19. The van der Waals surface area contributed by atoms with Gasteiger partial charge in [0.25, 0.3) is 5.91 Å². The van der Waals surface area contributed by atoms with Crippen molar-refractivity contribution in [1.29, 1.82) is 0 Å². The Hall–Kier alpha value is -2.53. The lowest BCUT2D eigenvalue weighted by atomic mass is 10.2. The third-order valence-electron chi connectivity index (χ3n) is 3.28. The molecular formula is C17H15N3OS. The van der Waals surface area contributed by atoms with Gasteiger partial charge in [0, 0.05) is 35.6 Å². The number of aromatic nitrogens is 2. The van der Waals surface area contributed by atoms with E-state index in [-0.39, 0.29) is 5.91 Å². The molecule has 3 rings (SSSR count). The molecule has 0 N–H and O–H groups in total. The first kappa shape index (κ1) is 14.4. The van der Waals surface area contributed by atoms with E-state index >= 15 is 0 Å². The van der Waals surface area contributed by atoms with Crippen molar-refractivity contribution in [2.75, 3.05) is 11.4 Å². The van der Waals surface area contributed by atoms with Gasteiger partial charge in [0.1, 0.15) is 10.7 Å². The molecule has 5 heteroatoms. The van der Waals surface area contributed by atoms with Crippen molar-refractivity contribution in [3.8, 4) is 10.6 Å². The van der Waals surface area contributed by atoms with Crippen molar-refractivity contribution in [1.82, 2.24) is 9.97 Å². The lowest BCUT2D eigenvalue weighted by molar-refractivity contribution is 0.0984. The maximum Gasteiger partial charge on any atom is 0.277 e. The molecule has 1 aromatic carbocycles. The highest BCUT2D eigenvalue weighted by atomic mass is 32.1. The van der Waals surface area contributed by atoms with Crippen molar-refractivity contribution >= 4 is 22.9 Å². The van der Waals surface area contributed by atoms with E-state index in [1.165, 1.54) is 11.3 Å². The predicted molar refractivity (Wildman–Crippen MR) is 89.1 cm³/mol. The summed E-state index contributed by atoms with van der Waals surface area (Å²) in [5, 5.41) is 2.64. The van der Waals surface area contributed by atoms with Crippen LogP contribution >= 0.6 is 11.3 Å². The summed E-state index contributed by atoms with van der Waals surface area (Å²) in [6.07, 6.45) is 3.45. The number of hydrogen-bond donors (Lipinski definition) is 0. The molecule has 0 fully saturated rings. The number of para-hydroxylation sites is 1. The topological polar surface area (TPSA) is 46.1 Å². The Labute approximate surface area is 133 Å². The van der Waals surface area contributed by atoms with Crippen molar-refractivity contribution in [3.63, 3.8) is 0 Å². The van der Waals surface area contributed by atoms with E-state index in [9.17, 15) is 4.79 Å². The molecule has 22 heavy (non-hydrogen) atoms. The van der Waals surface area contributed by atoms with Gasteiger partial charge in [0.15, 0.2) is 0 Å². The largest absolute Gasteiger partial charge is 0.307 e. The van der Waals surface area contributed by atoms with Gasteiger partial charge >= 0.3 is 0 Å². The Morgan fingerprint density at radius 3 is 2.55 bits per heavy atom. The number of carbonyl (C=O) groups excluding carboxylic acids is 1. The molecule has 0 atom stereocenters. The van der Waals surface area contributed by atoms with Crippen molar-refractivity contribution < 1.29 is 4.79 Å². The van der Waals surface area contributed by atoms with Crippen LogP contribution in [0.25, 0.3) is 10.6 Å². The molecule has 0 saturated carbocycles. The van der Waals surface area contributed by atoms with Gasteiger partial charge < -0.3 is 4.90 Å². The van der Waals surface area contributed by atoms with Crippen LogP contribution < -0.4 is 4.90 Å². The van der Waals surface area contributed by atoms with E-state index in [1.54, 1.807) is 17.3 Å². The number of anilines is 1. The zero-order valence-corrected chi connectivity index (χ0v) is 13.0. The average Bonchev–Trinajstić information content (AvgIpc) is 3.07. The zero-order chi connectivity index (χ0) is 15.4. The van der Waals surface area contributed by atoms with E-state index in [0.717, 1.165) is 16.3 Å². The fourth-order valence-electron chi connectivity index (χ4n) is 2.19. The first-order valence-corrected chi connectivity index (χ1v) is 7.90. The smallest absolute Gasteiger partial charge is 0.277 e. The predicted octanol–water partition coefficient (Wildman–Crippen LogP) is 3.87. The average molecular weight is 309 g/mol. The highest BCUT2D eigenvalue weighted by molar-refractivity contribution is 7.13. The number of thiazole rings is 1. The van der Waals surface area contributed by atoms with E-state index in [2.05, 4.69) is 9.97 Å². The van der Waals surface area contributed by atoms with E-state index in [0.29, 0.717) is 12.2 Å². The summed E-state index contributed by atoms with van der Waals surface area (Å²) in [6, 6.07) is 13.4. The Balaban J connectivity index is 1.88. The van der Waals surface area contributed by atoms with Gasteiger partial charge in [-0.15, -0.1) is 11.3 Å². The quantitative estimate of drug-likeness (QED) is 0.735. The molecule has 0 bridgehead atoms. The third-order valence-corrected chi connectivity index (χ3v) is 4.17. The van der Waals surface area contributed by atoms with Gasteiger partial charge in [0.05, 0.1) is 0 Å². The van der Waals surface area contributed by atoms with Crippen LogP contribution in [0, 0.1) is 0 Å². The number of nitrogens with zero attached hydrogens (tertiary/aromatic N) is 3. The van der Waals surface area contributed by atoms with Crippen LogP contribution in [0.5, 0.6) is 0 Å². The van der Waals surface area contributed by atoms with Crippen LogP contribution in [-0.4, -0.2) is 22.4 Å². The summed E-state index contributed by atoms with van der Waals surface area (Å²) in [7, 11) is 0. The Morgan fingerprint density at radius 1 is 1.14 bits per heavy atom. The highest BCUT2D eigenvalue weighted by Crippen LogP contribution is 2.24. The lowest BCUT2D eigenvalue weighted by Gasteiger charge is -2.19. The molecular weight excluding hydrogens is 294 g/mol. The fourth-order valence-corrected chi connectivity index (χ4v) is 2.99. The summed E-state index contributed by atoms with van der Waals surface area (Å²) >= 11 is 1.47. The van der Waals surface area contributed by atoms with Crippen LogP contribution in [0.4, 0.5) is 5.69 Å². The van der Waals surface area contributed by atoms with E-state index in [4.69, 9.17) is 0 Å². The minimum absolute atomic E-state index is 0.0785. The van der Waals surface area contributed by atoms with Crippen LogP contribution in [0.1, 0.15) is 17.4 Å². The number of rotatable bonds is 4. The van der Waals surface area contributed by atoms with Crippen molar-refractivity contribution in [3.05, 3.63) is 65.9 Å². The number of benzene rings is 1. The third kappa shape index (κ3) is 2.89. The molecule has 0 aliphatic rings. The van der Waals surface area contributed by atoms with Gasteiger partial charge in [-0.25, -0.2) is 4.98 Å². The molecule has 0 saturated heterocycles. The van der Waals surface area contributed by atoms with Crippen molar-refractivity contribution in [2.24, 2.45) is 0 Å². The molecule has 2 aromatic heterocycles. The van der Waals surface area contributed by atoms with Crippen molar-refractivity contribution in [2.45, 2.75) is 6.92 Å². The molecule has 3 aromatic rings. The second-order valence-corrected chi connectivity index (χ2v) is 5.52. The Morgan fingerprint density at radius 2 is 1.86 bits per heavy atom. The standard InChI is InChI=1S/C17H15N3OS/c1-2-20(14-6-4-3-5-7-14)17(21)15-12-22-16(19-15)13-8-10-18-11-9-13/h3-12H,2H2,1H3. The number of carbonyl (C=O) groups is 1. The number of pyridine rings is 1. The second-order valence-electron chi connectivity index (χ2n) is 4.66. The molecule has 0 unspecified atom stereocenters. The first-order valence-electron chi connectivity index (χ1n) is 7.02. The number of hydrogen-bond acceptors (Lipinski definition) is 4. The normalized spacial score (nSPS) is 10.4. The van der Waals surface area contributed by atoms with Crippen LogP contribution in [-0.2, 0) is 0 Å². The van der Waals surface area contributed by atoms with Gasteiger partial charge in [0.2, 0.25) is 0 Å². The molecule has 0 aliphatic carbocycles. The number of amides is 1. The summed E-state index contributed by atoms with van der Waals surface area (Å²) in [5.74, 6) is -0.0785. The van der Waals surface area contributed by atoms with Gasteiger partial charge in [-0.3, -0.25) is 9.78 Å². The molecule has 0 radical (unpaired) electrons. The molecule has 110 valence electrons. The summed E-state index contributed by atoms with van der Waals surface area (Å²) in [4.78, 5) is 22.9. The fraction of sp³-hybridized carbons (Fsp3) is 0.118. The van der Waals surface area contributed by atoms with E-state index in [1.807, 2.05) is 54.8 Å². The van der Waals surface area contributed by atoms with Gasteiger partial charge in [-0.05, 0) is 31.2 Å². The van der Waals surface area contributed by atoms with Gasteiger partial charge in [-0.2, -0.15) is 0 Å². The van der Waals surface area contributed by atoms with Crippen LogP contribution in [0.2, 0.25) is 0 Å². The summed E-state index contributed by atoms with van der Waals surface area (Å²) in [6.45, 7) is 2.56. The van der Waals surface area contributed by atoms with Crippen LogP contribution in [0.15, 0.2) is 60.2 Å².